The van der Waals surface area contributed by atoms with Crippen LogP contribution in [0.3, 0.4) is 0 Å². The summed E-state index contributed by atoms with van der Waals surface area (Å²) in [7, 11) is 0. The SMILES string of the molecule is CCOC(=O)[C@H]1CCCN(CCNC(C)=O)C1. The van der Waals surface area contributed by atoms with Crippen LogP contribution in [0.2, 0.25) is 0 Å². The quantitative estimate of drug-likeness (QED) is 0.709. The van der Waals surface area contributed by atoms with Gasteiger partial charge in [0, 0.05) is 26.6 Å². The van der Waals surface area contributed by atoms with Crippen molar-refractivity contribution in [1.82, 2.24) is 10.2 Å². The van der Waals surface area contributed by atoms with Gasteiger partial charge in [0.1, 0.15) is 0 Å². The Morgan fingerprint density at radius 3 is 2.88 bits per heavy atom. The van der Waals surface area contributed by atoms with E-state index in [2.05, 4.69) is 10.2 Å². The molecule has 1 heterocycles. The Morgan fingerprint density at radius 1 is 1.47 bits per heavy atom. The molecule has 0 aliphatic carbocycles. The number of nitrogens with one attached hydrogen (secondary N) is 1. The first-order chi connectivity index (χ1) is 8.13. The van der Waals surface area contributed by atoms with Crippen LogP contribution in [0.15, 0.2) is 0 Å². The summed E-state index contributed by atoms with van der Waals surface area (Å²) in [6.45, 7) is 6.97. The fraction of sp³-hybridized carbons (Fsp3) is 0.833. The number of hydrogen-bond donors (Lipinski definition) is 1. The average Bonchev–Trinajstić information content (AvgIpc) is 2.29. The molecule has 1 fully saturated rings. The summed E-state index contributed by atoms with van der Waals surface area (Å²) in [5, 5.41) is 2.77. The van der Waals surface area contributed by atoms with E-state index in [0.717, 1.165) is 32.5 Å². The molecule has 0 radical (unpaired) electrons. The molecule has 17 heavy (non-hydrogen) atoms. The second kappa shape index (κ2) is 7.27. The molecule has 0 spiro atoms. The van der Waals surface area contributed by atoms with E-state index in [4.69, 9.17) is 4.74 Å². The minimum Gasteiger partial charge on any atom is -0.466 e. The number of carbonyl (C=O) groups is 2. The zero-order valence-corrected chi connectivity index (χ0v) is 10.7. The van der Waals surface area contributed by atoms with Gasteiger partial charge in [0.2, 0.25) is 5.91 Å². The van der Waals surface area contributed by atoms with Crippen molar-refractivity contribution in [3.8, 4) is 0 Å². The van der Waals surface area contributed by atoms with E-state index in [9.17, 15) is 9.59 Å². The number of piperidine rings is 1. The second-order valence-corrected chi connectivity index (χ2v) is 4.37. The molecule has 0 saturated carbocycles. The fourth-order valence-corrected chi connectivity index (χ4v) is 2.10. The molecule has 1 aliphatic rings. The largest absolute Gasteiger partial charge is 0.466 e. The molecule has 1 aliphatic heterocycles. The van der Waals surface area contributed by atoms with Crippen molar-refractivity contribution >= 4 is 11.9 Å². The maximum Gasteiger partial charge on any atom is 0.310 e. The maximum atomic E-state index is 11.6. The Balaban J connectivity index is 2.28. The number of amides is 1. The van der Waals surface area contributed by atoms with Gasteiger partial charge in [-0.25, -0.2) is 0 Å². The first kappa shape index (κ1) is 14.0. The lowest BCUT2D eigenvalue weighted by Gasteiger charge is -2.31. The first-order valence-electron chi connectivity index (χ1n) is 6.27. The third-order valence-corrected chi connectivity index (χ3v) is 2.93. The normalized spacial score (nSPS) is 20.9. The van der Waals surface area contributed by atoms with Crippen molar-refractivity contribution in [2.75, 3.05) is 32.8 Å². The van der Waals surface area contributed by atoms with Crippen molar-refractivity contribution in [1.29, 1.82) is 0 Å². The summed E-state index contributed by atoms with van der Waals surface area (Å²) < 4.78 is 5.04. The number of hydrogen-bond acceptors (Lipinski definition) is 4. The highest BCUT2D eigenvalue weighted by Crippen LogP contribution is 2.17. The Hall–Kier alpha value is -1.10. The number of carbonyl (C=O) groups excluding carboxylic acids is 2. The lowest BCUT2D eigenvalue weighted by Crippen LogP contribution is -2.42. The van der Waals surface area contributed by atoms with Crippen LogP contribution in [0.25, 0.3) is 0 Å². The van der Waals surface area contributed by atoms with Crippen LogP contribution in [0.5, 0.6) is 0 Å². The summed E-state index contributed by atoms with van der Waals surface area (Å²) in [4.78, 5) is 24.6. The number of esters is 1. The van der Waals surface area contributed by atoms with Gasteiger partial charge in [-0.3, -0.25) is 9.59 Å². The molecule has 1 saturated heterocycles. The molecule has 0 aromatic heterocycles. The molecule has 98 valence electrons. The zero-order chi connectivity index (χ0) is 12.7. The van der Waals surface area contributed by atoms with Crippen LogP contribution in [0, 0.1) is 5.92 Å². The molecule has 1 N–H and O–H groups in total. The standard InChI is InChI=1S/C12H22N2O3/c1-3-17-12(16)11-5-4-7-14(9-11)8-6-13-10(2)15/h11H,3-9H2,1-2H3,(H,13,15)/t11-/m0/s1. The Bertz CT molecular complexity index is 268. The van der Waals surface area contributed by atoms with Gasteiger partial charge in [0.15, 0.2) is 0 Å². The molecule has 0 bridgehead atoms. The summed E-state index contributed by atoms with van der Waals surface area (Å²) in [6.07, 6.45) is 1.93. The number of likely N-dealkylation sites (tertiary alicyclic amines) is 1. The number of ether oxygens (including phenoxy) is 1. The van der Waals surface area contributed by atoms with Gasteiger partial charge in [-0.05, 0) is 26.3 Å². The van der Waals surface area contributed by atoms with Crippen molar-refractivity contribution in [2.45, 2.75) is 26.7 Å². The van der Waals surface area contributed by atoms with Gasteiger partial charge in [-0.1, -0.05) is 0 Å². The van der Waals surface area contributed by atoms with E-state index in [1.807, 2.05) is 6.92 Å². The van der Waals surface area contributed by atoms with E-state index in [0.29, 0.717) is 13.2 Å². The van der Waals surface area contributed by atoms with Crippen molar-refractivity contribution in [2.24, 2.45) is 5.92 Å². The first-order valence-corrected chi connectivity index (χ1v) is 6.27. The predicted octanol–water partition coefficient (Wildman–Crippen LogP) is 0.398. The van der Waals surface area contributed by atoms with Crippen LogP contribution < -0.4 is 5.32 Å². The smallest absolute Gasteiger partial charge is 0.310 e. The topological polar surface area (TPSA) is 58.6 Å². The van der Waals surface area contributed by atoms with E-state index in [-0.39, 0.29) is 17.8 Å². The summed E-state index contributed by atoms with van der Waals surface area (Å²) in [5.41, 5.74) is 0. The highest BCUT2D eigenvalue weighted by Gasteiger charge is 2.26. The van der Waals surface area contributed by atoms with Gasteiger partial charge in [0.05, 0.1) is 12.5 Å². The molecule has 0 aromatic rings. The Morgan fingerprint density at radius 2 is 2.24 bits per heavy atom. The number of rotatable bonds is 5. The summed E-state index contributed by atoms with van der Waals surface area (Å²) >= 11 is 0. The monoisotopic (exact) mass is 242 g/mol. The van der Waals surface area contributed by atoms with Gasteiger partial charge >= 0.3 is 5.97 Å². The second-order valence-electron chi connectivity index (χ2n) is 4.37. The maximum absolute atomic E-state index is 11.6. The molecule has 5 heteroatoms. The van der Waals surface area contributed by atoms with Gasteiger partial charge < -0.3 is 15.0 Å². The van der Waals surface area contributed by atoms with Crippen molar-refractivity contribution < 1.29 is 14.3 Å². The molecule has 1 atom stereocenters. The van der Waals surface area contributed by atoms with Crippen molar-refractivity contribution in [3.05, 3.63) is 0 Å². The van der Waals surface area contributed by atoms with Crippen LogP contribution in [-0.2, 0) is 14.3 Å². The van der Waals surface area contributed by atoms with E-state index < -0.39 is 0 Å². The van der Waals surface area contributed by atoms with E-state index in [1.54, 1.807) is 0 Å². The Kier molecular flexibility index (Phi) is 5.97. The van der Waals surface area contributed by atoms with Crippen molar-refractivity contribution in [3.63, 3.8) is 0 Å². The third kappa shape index (κ3) is 5.17. The molecule has 0 aromatic carbocycles. The van der Waals surface area contributed by atoms with Crippen LogP contribution in [-0.4, -0.2) is 49.6 Å². The molecule has 1 amide bonds. The third-order valence-electron chi connectivity index (χ3n) is 2.93. The lowest BCUT2D eigenvalue weighted by atomic mass is 9.98. The minimum absolute atomic E-state index is 0.000952. The van der Waals surface area contributed by atoms with Gasteiger partial charge in [-0.2, -0.15) is 0 Å². The highest BCUT2D eigenvalue weighted by atomic mass is 16.5. The fourth-order valence-electron chi connectivity index (χ4n) is 2.10. The Labute approximate surface area is 102 Å². The molecular weight excluding hydrogens is 220 g/mol. The van der Waals surface area contributed by atoms with Crippen LogP contribution in [0.1, 0.15) is 26.7 Å². The molecule has 5 nitrogen and oxygen atoms in total. The van der Waals surface area contributed by atoms with E-state index >= 15 is 0 Å². The molecular formula is C12H22N2O3. The van der Waals surface area contributed by atoms with Crippen LogP contribution in [0.4, 0.5) is 0 Å². The van der Waals surface area contributed by atoms with Gasteiger partial charge in [0.25, 0.3) is 0 Å². The average molecular weight is 242 g/mol. The highest BCUT2D eigenvalue weighted by molar-refractivity contribution is 5.73. The zero-order valence-electron chi connectivity index (χ0n) is 10.7. The predicted molar refractivity (Wildman–Crippen MR) is 64.5 cm³/mol. The van der Waals surface area contributed by atoms with Crippen LogP contribution >= 0.6 is 0 Å². The lowest BCUT2D eigenvalue weighted by molar-refractivity contribution is -0.150. The molecule has 0 unspecified atom stereocenters. The summed E-state index contributed by atoms with van der Waals surface area (Å²) in [6, 6.07) is 0. The molecule has 1 rings (SSSR count). The van der Waals surface area contributed by atoms with E-state index in [1.165, 1.54) is 6.92 Å². The minimum atomic E-state index is -0.0864. The van der Waals surface area contributed by atoms with Gasteiger partial charge in [-0.15, -0.1) is 0 Å². The summed E-state index contributed by atoms with van der Waals surface area (Å²) in [5.74, 6) is -0.0956. The number of nitrogens with zero attached hydrogens (tertiary/aromatic N) is 1.